The molecular formula is C13H23NOS. The Bertz CT molecular complexity index is 280. The van der Waals surface area contributed by atoms with Crippen LogP contribution in [0, 0.1) is 0 Å². The van der Waals surface area contributed by atoms with Crippen LogP contribution in [0.5, 0.6) is 0 Å². The molecule has 2 atom stereocenters. The lowest BCUT2D eigenvalue weighted by Crippen LogP contribution is -2.42. The van der Waals surface area contributed by atoms with Crippen molar-refractivity contribution in [3.63, 3.8) is 0 Å². The lowest BCUT2D eigenvalue weighted by molar-refractivity contribution is -0.0289. The molecule has 1 aromatic heterocycles. The molecule has 1 rings (SSSR count). The Morgan fingerprint density at radius 3 is 2.69 bits per heavy atom. The molecule has 0 aromatic carbocycles. The number of hydrogen-bond donors (Lipinski definition) is 1. The second-order valence-electron chi connectivity index (χ2n) is 4.27. The van der Waals surface area contributed by atoms with E-state index in [1.165, 1.54) is 4.88 Å². The van der Waals surface area contributed by atoms with Crippen molar-refractivity contribution in [1.82, 2.24) is 5.32 Å². The quantitative estimate of drug-likeness (QED) is 0.787. The second kappa shape index (κ2) is 6.38. The van der Waals surface area contributed by atoms with Crippen molar-refractivity contribution < 1.29 is 4.74 Å². The van der Waals surface area contributed by atoms with Crippen LogP contribution in [-0.2, 0) is 4.74 Å². The standard InChI is InChI=1S/C13H23NOS/c1-5-9-14-12(11-8-7-10-16-11)13(3,6-2)15-4/h7-8,10,12,14H,5-6,9H2,1-4H3. The molecule has 0 saturated heterocycles. The molecule has 1 aromatic rings. The van der Waals surface area contributed by atoms with E-state index >= 15 is 0 Å². The maximum atomic E-state index is 5.71. The first-order valence-electron chi connectivity index (χ1n) is 5.99. The lowest BCUT2D eigenvalue weighted by atomic mass is 9.91. The number of rotatable bonds is 7. The van der Waals surface area contributed by atoms with Crippen LogP contribution >= 0.6 is 11.3 Å². The number of nitrogens with one attached hydrogen (secondary N) is 1. The molecule has 92 valence electrons. The minimum atomic E-state index is -0.125. The second-order valence-corrected chi connectivity index (χ2v) is 5.25. The van der Waals surface area contributed by atoms with E-state index < -0.39 is 0 Å². The zero-order chi connectivity index (χ0) is 12.0. The van der Waals surface area contributed by atoms with Crippen LogP contribution in [0.1, 0.15) is 44.5 Å². The van der Waals surface area contributed by atoms with Gasteiger partial charge in [0.1, 0.15) is 0 Å². The average Bonchev–Trinajstić information content (AvgIpc) is 2.82. The van der Waals surface area contributed by atoms with Crippen LogP contribution in [0.4, 0.5) is 0 Å². The van der Waals surface area contributed by atoms with Gasteiger partial charge in [-0.3, -0.25) is 0 Å². The highest BCUT2D eigenvalue weighted by molar-refractivity contribution is 7.10. The molecule has 0 aliphatic rings. The molecule has 0 bridgehead atoms. The minimum absolute atomic E-state index is 0.125. The Hall–Kier alpha value is -0.380. The highest BCUT2D eigenvalue weighted by Crippen LogP contribution is 2.33. The first-order valence-corrected chi connectivity index (χ1v) is 6.87. The summed E-state index contributed by atoms with van der Waals surface area (Å²) in [6.45, 7) is 7.58. The van der Waals surface area contributed by atoms with Gasteiger partial charge in [0.15, 0.2) is 0 Å². The van der Waals surface area contributed by atoms with Crippen molar-refractivity contribution in [2.75, 3.05) is 13.7 Å². The maximum Gasteiger partial charge on any atom is 0.0849 e. The van der Waals surface area contributed by atoms with E-state index in [1.54, 1.807) is 18.4 Å². The summed E-state index contributed by atoms with van der Waals surface area (Å²) in [5.41, 5.74) is -0.125. The van der Waals surface area contributed by atoms with Gasteiger partial charge in [-0.25, -0.2) is 0 Å². The first kappa shape index (κ1) is 13.7. The van der Waals surface area contributed by atoms with Crippen molar-refractivity contribution in [3.8, 4) is 0 Å². The van der Waals surface area contributed by atoms with Gasteiger partial charge >= 0.3 is 0 Å². The van der Waals surface area contributed by atoms with Crippen molar-refractivity contribution in [2.24, 2.45) is 0 Å². The number of methoxy groups -OCH3 is 1. The molecule has 0 radical (unpaired) electrons. The van der Waals surface area contributed by atoms with Gasteiger partial charge in [0.05, 0.1) is 11.6 Å². The van der Waals surface area contributed by atoms with Crippen LogP contribution in [0.3, 0.4) is 0 Å². The van der Waals surface area contributed by atoms with Crippen molar-refractivity contribution in [1.29, 1.82) is 0 Å². The molecule has 0 saturated carbocycles. The summed E-state index contributed by atoms with van der Waals surface area (Å²) in [4.78, 5) is 1.36. The molecule has 2 unspecified atom stereocenters. The predicted molar refractivity (Wildman–Crippen MR) is 71.1 cm³/mol. The van der Waals surface area contributed by atoms with Crippen molar-refractivity contribution in [3.05, 3.63) is 22.4 Å². The van der Waals surface area contributed by atoms with Crippen molar-refractivity contribution >= 4 is 11.3 Å². The summed E-state index contributed by atoms with van der Waals surface area (Å²) in [5.74, 6) is 0. The summed E-state index contributed by atoms with van der Waals surface area (Å²) >= 11 is 1.80. The van der Waals surface area contributed by atoms with E-state index in [2.05, 4.69) is 43.6 Å². The molecule has 1 N–H and O–H groups in total. The van der Waals surface area contributed by atoms with E-state index in [4.69, 9.17) is 4.74 Å². The third-order valence-corrected chi connectivity index (χ3v) is 4.14. The topological polar surface area (TPSA) is 21.3 Å². The Morgan fingerprint density at radius 2 is 2.25 bits per heavy atom. The Morgan fingerprint density at radius 1 is 1.50 bits per heavy atom. The Balaban J connectivity index is 2.86. The van der Waals surface area contributed by atoms with Gasteiger partial charge < -0.3 is 10.1 Å². The van der Waals surface area contributed by atoms with Crippen LogP contribution in [-0.4, -0.2) is 19.3 Å². The van der Waals surface area contributed by atoms with E-state index in [9.17, 15) is 0 Å². The van der Waals surface area contributed by atoms with Crippen LogP contribution in [0.2, 0.25) is 0 Å². The SMILES string of the molecule is CCCNC(c1cccs1)C(C)(CC)OC. The number of thiophene rings is 1. The normalized spacial score (nSPS) is 17.0. The Kier molecular flexibility index (Phi) is 5.46. The predicted octanol–water partition coefficient (Wildman–Crippen LogP) is 3.60. The molecule has 2 nitrogen and oxygen atoms in total. The van der Waals surface area contributed by atoms with Crippen LogP contribution in [0.25, 0.3) is 0 Å². The molecule has 1 heterocycles. The summed E-state index contributed by atoms with van der Waals surface area (Å²) in [6, 6.07) is 4.58. The first-order chi connectivity index (χ1) is 7.68. The fourth-order valence-electron chi connectivity index (χ4n) is 1.83. The van der Waals surface area contributed by atoms with Gasteiger partial charge in [-0.1, -0.05) is 19.9 Å². The molecule has 0 aliphatic carbocycles. The molecule has 0 spiro atoms. The molecule has 0 amide bonds. The number of ether oxygens (including phenoxy) is 1. The van der Waals surface area contributed by atoms with Gasteiger partial charge in [0.25, 0.3) is 0 Å². The lowest BCUT2D eigenvalue weighted by Gasteiger charge is -2.36. The zero-order valence-electron chi connectivity index (χ0n) is 10.7. The van der Waals surface area contributed by atoms with E-state index in [0.717, 1.165) is 19.4 Å². The van der Waals surface area contributed by atoms with Crippen molar-refractivity contribution in [2.45, 2.75) is 45.3 Å². The summed E-state index contributed by atoms with van der Waals surface area (Å²) in [6.07, 6.45) is 2.15. The minimum Gasteiger partial charge on any atom is -0.377 e. The van der Waals surface area contributed by atoms with Crippen LogP contribution < -0.4 is 5.32 Å². The van der Waals surface area contributed by atoms with E-state index in [0.29, 0.717) is 6.04 Å². The van der Waals surface area contributed by atoms with Gasteiger partial charge in [-0.2, -0.15) is 0 Å². The molecular weight excluding hydrogens is 218 g/mol. The van der Waals surface area contributed by atoms with Gasteiger partial charge in [-0.15, -0.1) is 11.3 Å². The van der Waals surface area contributed by atoms with Gasteiger partial charge in [-0.05, 0) is 37.8 Å². The van der Waals surface area contributed by atoms with Crippen LogP contribution in [0.15, 0.2) is 17.5 Å². The molecule has 0 fully saturated rings. The monoisotopic (exact) mass is 241 g/mol. The van der Waals surface area contributed by atoms with E-state index in [-0.39, 0.29) is 5.60 Å². The largest absolute Gasteiger partial charge is 0.377 e. The fraction of sp³-hybridized carbons (Fsp3) is 0.692. The third kappa shape index (κ3) is 3.06. The summed E-state index contributed by atoms with van der Waals surface area (Å²) in [7, 11) is 1.80. The average molecular weight is 241 g/mol. The number of hydrogen-bond acceptors (Lipinski definition) is 3. The Labute approximate surface area is 103 Å². The summed E-state index contributed by atoms with van der Waals surface area (Å²) < 4.78 is 5.71. The van der Waals surface area contributed by atoms with E-state index in [1.807, 2.05) is 0 Å². The maximum absolute atomic E-state index is 5.71. The third-order valence-electron chi connectivity index (χ3n) is 3.21. The highest BCUT2D eigenvalue weighted by atomic mass is 32.1. The fourth-order valence-corrected chi connectivity index (χ4v) is 2.77. The molecule has 16 heavy (non-hydrogen) atoms. The molecule has 0 aliphatic heterocycles. The smallest absolute Gasteiger partial charge is 0.0849 e. The highest BCUT2D eigenvalue weighted by Gasteiger charge is 2.33. The summed E-state index contributed by atoms with van der Waals surface area (Å²) in [5, 5.41) is 5.73. The molecule has 3 heteroatoms. The van der Waals surface area contributed by atoms with Gasteiger partial charge in [0.2, 0.25) is 0 Å². The zero-order valence-corrected chi connectivity index (χ0v) is 11.6. The van der Waals surface area contributed by atoms with Gasteiger partial charge in [0, 0.05) is 12.0 Å².